The number of aromatic nitrogens is 1. The fraction of sp³-hybridized carbons (Fsp3) is 0.0833. The Morgan fingerprint density at radius 1 is 1.06 bits per heavy atom. The molecule has 3 aromatic carbocycles. The maximum Gasteiger partial charge on any atom is 0.230 e. The molecule has 0 aliphatic heterocycles. The van der Waals surface area contributed by atoms with Crippen molar-refractivity contribution in [3.63, 3.8) is 0 Å². The number of carbonyl (C=O) groups excluding carboxylic acids is 1. The Labute approximate surface area is 194 Å². The van der Waals surface area contributed by atoms with Gasteiger partial charge in [0.1, 0.15) is 5.58 Å². The first kappa shape index (κ1) is 21.2. The van der Waals surface area contributed by atoms with E-state index in [4.69, 9.17) is 4.42 Å². The van der Waals surface area contributed by atoms with Crippen molar-refractivity contribution in [3.8, 4) is 11.3 Å². The highest BCUT2D eigenvalue weighted by atomic mass is 32.2. The number of rotatable bonds is 6. The van der Waals surface area contributed by atoms with Crippen molar-refractivity contribution in [2.75, 3.05) is 16.3 Å². The maximum absolute atomic E-state index is 12.7. The first-order valence-corrected chi connectivity index (χ1v) is 12.8. The minimum atomic E-state index is -3.33. The fourth-order valence-electron chi connectivity index (χ4n) is 3.73. The molecule has 0 saturated carbocycles. The number of carbonyl (C=O) groups is 1. The molecule has 9 heteroatoms. The van der Waals surface area contributed by atoms with Gasteiger partial charge in [0.05, 0.1) is 24.6 Å². The number of fused-ring (bicyclic) bond motifs is 3. The van der Waals surface area contributed by atoms with E-state index in [1.165, 1.54) is 11.3 Å². The largest absolute Gasteiger partial charge is 0.464 e. The third-order valence-corrected chi connectivity index (χ3v) is 6.49. The number of furan rings is 1. The Balaban J connectivity index is 1.31. The van der Waals surface area contributed by atoms with Gasteiger partial charge in [-0.15, -0.1) is 11.3 Å². The van der Waals surface area contributed by atoms with Crippen LogP contribution in [-0.4, -0.2) is 25.6 Å². The van der Waals surface area contributed by atoms with Crippen molar-refractivity contribution in [1.82, 2.24) is 4.98 Å². The van der Waals surface area contributed by atoms with Crippen molar-refractivity contribution in [3.05, 3.63) is 77.9 Å². The van der Waals surface area contributed by atoms with Crippen molar-refractivity contribution in [1.29, 1.82) is 0 Å². The van der Waals surface area contributed by atoms with Crippen LogP contribution in [-0.2, 0) is 21.2 Å². The summed E-state index contributed by atoms with van der Waals surface area (Å²) in [4.78, 5) is 17.2. The Hall–Kier alpha value is -3.69. The smallest absolute Gasteiger partial charge is 0.230 e. The van der Waals surface area contributed by atoms with E-state index in [0.29, 0.717) is 16.5 Å². The summed E-state index contributed by atoms with van der Waals surface area (Å²) in [5, 5.41) is 8.29. The molecule has 33 heavy (non-hydrogen) atoms. The highest BCUT2D eigenvalue weighted by molar-refractivity contribution is 7.92. The molecule has 5 aromatic rings. The lowest BCUT2D eigenvalue weighted by Gasteiger charge is -2.04. The lowest BCUT2D eigenvalue weighted by molar-refractivity contribution is -0.115. The summed E-state index contributed by atoms with van der Waals surface area (Å²) in [5.74, 6) is -0.181. The highest BCUT2D eigenvalue weighted by Crippen LogP contribution is 2.31. The third-order valence-electron chi connectivity index (χ3n) is 5.13. The van der Waals surface area contributed by atoms with Gasteiger partial charge in [-0.2, -0.15) is 0 Å². The molecule has 0 bridgehead atoms. The summed E-state index contributed by atoms with van der Waals surface area (Å²) in [5.41, 5.74) is 3.57. The number of sulfonamides is 1. The van der Waals surface area contributed by atoms with Crippen molar-refractivity contribution in [2.45, 2.75) is 6.42 Å². The van der Waals surface area contributed by atoms with Gasteiger partial charge in [-0.05, 0) is 29.0 Å². The van der Waals surface area contributed by atoms with Gasteiger partial charge in [0.2, 0.25) is 15.9 Å². The summed E-state index contributed by atoms with van der Waals surface area (Å²) >= 11 is 1.33. The molecule has 7 nitrogen and oxygen atoms in total. The van der Waals surface area contributed by atoms with Crippen LogP contribution >= 0.6 is 11.3 Å². The molecular formula is C24H19N3O4S2. The van der Waals surface area contributed by atoms with Crippen LogP contribution in [0.3, 0.4) is 0 Å². The van der Waals surface area contributed by atoms with Crippen LogP contribution < -0.4 is 10.0 Å². The number of thiazole rings is 1. The molecule has 0 radical (unpaired) electrons. The average molecular weight is 478 g/mol. The van der Waals surface area contributed by atoms with E-state index in [1.54, 1.807) is 30.5 Å². The quantitative estimate of drug-likeness (QED) is 0.347. The number of hydrogen-bond donors (Lipinski definition) is 2. The van der Waals surface area contributed by atoms with Crippen molar-refractivity contribution < 1.29 is 17.6 Å². The monoisotopic (exact) mass is 477 g/mol. The Kier molecular flexibility index (Phi) is 5.35. The normalized spacial score (nSPS) is 11.7. The van der Waals surface area contributed by atoms with Crippen LogP contribution in [0.2, 0.25) is 0 Å². The third kappa shape index (κ3) is 4.59. The van der Waals surface area contributed by atoms with Gasteiger partial charge >= 0.3 is 0 Å². The van der Waals surface area contributed by atoms with Crippen molar-refractivity contribution in [2.24, 2.45) is 0 Å². The van der Waals surface area contributed by atoms with Gasteiger partial charge in [0, 0.05) is 27.6 Å². The van der Waals surface area contributed by atoms with Crippen LogP contribution in [0.4, 0.5) is 10.8 Å². The summed E-state index contributed by atoms with van der Waals surface area (Å²) in [6.45, 7) is 0. The zero-order valence-corrected chi connectivity index (χ0v) is 19.2. The highest BCUT2D eigenvalue weighted by Gasteiger charge is 2.15. The minimum Gasteiger partial charge on any atom is -0.464 e. The predicted octanol–water partition coefficient (Wildman–Crippen LogP) is 5.26. The van der Waals surface area contributed by atoms with Crippen LogP contribution in [0.25, 0.3) is 33.0 Å². The molecule has 1 amide bonds. The molecule has 0 aliphatic carbocycles. The standard InChI is InChI=1S/C24H19N3O4S2/c1-33(29,30)27-18-9-6-16(7-10-18)20-14-32-24(25-20)26-22(28)12-17-13-31-21-11-8-15-4-2-3-5-19(15)23(17)21/h2-11,13-14,27H,12H2,1H3,(H,25,26,28). The van der Waals surface area contributed by atoms with Crippen LogP contribution in [0.1, 0.15) is 5.56 Å². The number of amides is 1. The molecule has 0 fully saturated rings. The number of benzene rings is 3. The van der Waals surface area contributed by atoms with Crippen LogP contribution in [0.5, 0.6) is 0 Å². The molecule has 5 rings (SSSR count). The van der Waals surface area contributed by atoms with E-state index in [9.17, 15) is 13.2 Å². The van der Waals surface area contributed by atoms with Crippen molar-refractivity contribution >= 4 is 59.8 Å². The summed E-state index contributed by atoms with van der Waals surface area (Å²) < 4.78 is 30.8. The number of nitrogens with one attached hydrogen (secondary N) is 2. The predicted molar refractivity (Wildman–Crippen MR) is 132 cm³/mol. The maximum atomic E-state index is 12.7. The second-order valence-corrected chi connectivity index (χ2v) is 10.2. The van der Waals surface area contributed by atoms with Gasteiger partial charge < -0.3 is 9.73 Å². The molecule has 2 aromatic heterocycles. The number of hydrogen-bond acceptors (Lipinski definition) is 6. The molecule has 2 heterocycles. The van der Waals surface area contributed by atoms with Gasteiger partial charge in [0.15, 0.2) is 5.13 Å². The number of anilines is 2. The van der Waals surface area contributed by atoms with E-state index in [-0.39, 0.29) is 12.3 Å². The summed E-state index contributed by atoms with van der Waals surface area (Å²) in [7, 11) is -3.33. The zero-order chi connectivity index (χ0) is 23.0. The number of nitrogens with zero attached hydrogens (tertiary/aromatic N) is 1. The average Bonchev–Trinajstić information content (AvgIpc) is 3.40. The summed E-state index contributed by atoms with van der Waals surface area (Å²) in [6, 6.07) is 18.8. The van der Waals surface area contributed by atoms with E-state index in [1.807, 2.05) is 41.8 Å². The van der Waals surface area contributed by atoms with Crippen LogP contribution in [0, 0.1) is 0 Å². The Bertz CT molecular complexity index is 1590. The Morgan fingerprint density at radius 2 is 1.85 bits per heavy atom. The van der Waals surface area contributed by atoms with Gasteiger partial charge in [-0.3, -0.25) is 9.52 Å². The van der Waals surface area contributed by atoms with E-state index in [2.05, 4.69) is 15.0 Å². The lowest BCUT2D eigenvalue weighted by Crippen LogP contribution is -2.14. The lowest BCUT2D eigenvalue weighted by atomic mass is 10.0. The van der Waals surface area contributed by atoms with E-state index < -0.39 is 10.0 Å². The van der Waals surface area contributed by atoms with Gasteiger partial charge in [-0.1, -0.05) is 42.5 Å². The van der Waals surface area contributed by atoms with E-state index >= 15 is 0 Å². The second kappa shape index (κ2) is 8.34. The van der Waals surface area contributed by atoms with Crippen LogP contribution in [0.15, 0.2) is 76.7 Å². The first-order chi connectivity index (χ1) is 15.9. The molecule has 0 unspecified atom stereocenters. The molecular weight excluding hydrogens is 458 g/mol. The zero-order valence-electron chi connectivity index (χ0n) is 17.5. The first-order valence-electron chi connectivity index (χ1n) is 10.1. The molecule has 0 saturated heterocycles. The van der Waals surface area contributed by atoms with E-state index in [0.717, 1.165) is 39.1 Å². The second-order valence-electron chi connectivity index (χ2n) is 7.64. The summed E-state index contributed by atoms with van der Waals surface area (Å²) in [6.07, 6.45) is 2.91. The minimum absolute atomic E-state index is 0.168. The Morgan fingerprint density at radius 3 is 2.64 bits per heavy atom. The molecule has 0 aliphatic rings. The topological polar surface area (TPSA) is 101 Å². The molecule has 0 atom stereocenters. The van der Waals surface area contributed by atoms with Gasteiger partial charge in [-0.25, -0.2) is 13.4 Å². The fourth-order valence-corrected chi connectivity index (χ4v) is 5.03. The molecule has 2 N–H and O–H groups in total. The molecule has 0 spiro atoms. The molecule has 166 valence electrons. The van der Waals surface area contributed by atoms with Gasteiger partial charge in [0.25, 0.3) is 0 Å². The SMILES string of the molecule is CS(=O)(=O)Nc1ccc(-c2csc(NC(=O)Cc3coc4ccc5ccccc5c34)n2)cc1.